The van der Waals surface area contributed by atoms with Gasteiger partial charge in [0, 0.05) is 37.1 Å². The van der Waals surface area contributed by atoms with E-state index in [9.17, 15) is 4.79 Å². The van der Waals surface area contributed by atoms with Crippen LogP contribution in [0.25, 0.3) is 0 Å². The van der Waals surface area contributed by atoms with Crippen LogP contribution in [0.4, 0.5) is 11.4 Å². The van der Waals surface area contributed by atoms with Gasteiger partial charge in [-0.05, 0) is 42.8 Å². The van der Waals surface area contributed by atoms with Gasteiger partial charge in [0.25, 0.3) is 5.91 Å². The zero-order valence-corrected chi connectivity index (χ0v) is 14.7. The summed E-state index contributed by atoms with van der Waals surface area (Å²) >= 11 is 0. The van der Waals surface area contributed by atoms with Crippen molar-refractivity contribution < 1.29 is 14.3 Å². The molecule has 2 aromatic carbocycles. The van der Waals surface area contributed by atoms with Gasteiger partial charge in [0.2, 0.25) is 0 Å². The number of methoxy groups -OCH3 is 1. The van der Waals surface area contributed by atoms with Crippen LogP contribution in [0.1, 0.15) is 22.3 Å². The predicted octanol–water partition coefficient (Wildman–Crippen LogP) is 3.67. The molecule has 3 N–H and O–H groups in total. The van der Waals surface area contributed by atoms with Crippen molar-refractivity contribution in [2.45, 2.75) is 13.3 Å². The standard InChI is InChI=1S/C18H22N2O3.ClH/c1-13-7-8-15(19)12-17(13)20-18(21)14-5-3-6-16(11-14)23-10-4-9-22-2;/h3,5-8,11-12H,4,9-10,19H2,1-2H3,(H,20,21);1H. The maximum Gasteiger partial charge on any atom is 0.255 e. The Kier molecular flexibility index (Phi) is 8.09. The Morgan fingerprint density at radius 3 is 2.71 bits per heavy atom. The average Bonchev–Trinajstić information content (AvgIpc) is 2.55. The van der Waals surface area contributed by atoms with Gasteiger partial charge >= 0.3 is 0 Å². The van der Waals surface area contributed by atoms with Gasteiger partial charge in [0.15, 0.2) is 0 Å². The van der Waals surface area contributed by atoms with Crippen molar-refractivity contribution >= 4 is 29.7 Å². The fourth-order valence-corrected chi connectivity index (χ4v) is 2.09. The summed E-state index contributed by atoms with van der Waals surface area (Å²) in [7, 11) is 1.66. The molecule has 0 saturated carbocycles. The summed E-state index contributed by atoms with van der Waals surface area (Å²) in [4.78, 5) is 12.4. The lowest BCUT2D eigenvalue weighted by atomic mass is 10.1. The van der Waals surface area contributed by atoms with Crippen LogP contribution in [0.3, 0.4) is 0 Å². The summed E-state index contributed by atoms with van der Waals surface area (Å²) in [6.45, 7) is 3.12. The largest absolute Gasteiger partial charge is 0.493 e. The Morgan fingerprint density at radius 2 is 1.96 bits per heavy atom. The number of carbonyl (C=O) groups is 1. The molecule has 0 spiro atoms. The van der Waals surface area contributed by atoms with E-state index in [2.05, 4.69) is 5.32 Å². The molecule has 0 saturated heterocycles. The van der Waals surface area contributed by atoms with Crippen LogP contribution < -0.4 is 15.8 Å². The highest BCUT2D eigenvalue weighted by atomic mass is 35.5. The lowest BCUT2D eigenvalue weighted by Gasteiger charge is -2.11. The second-order valence-corrected chi connectivity index (χ2v) is 5.25. The number of benzene rings is 2. The summed E-state index contributed by atoms with van der Waals surface area (Å²) in [5.41, 5.74) is 8.58. The molecule has 0 unspecified atom stereocenters. The van der Waals surface area contributed by atoms with Crippen LogP contribution in [0.2, 0.25) is 0 Å². The lowest BCUT2D eigenvalue weighted by molar-refractivity contribution is 0.102. The molecule has 0 aliphatic heterocycles. The number of carbonyl (C=O) groups excluding carboxylic acids is 1. The number of nitrogen functional groups attached to an aromatic ring is 1. The summed E-state index contributed by atoms with van der Waals surface area (Å²) in [5.74, 6) is 0.471. The third-order valence-electron chi connectivity index (χ3n) is 3.37. The Hall–Kier alpha value is -2.24. The van der Waals surface area contributed by atoms with E-state index >= 15 is 0 Å². The molecule has 0 fully saturated rings. The first-order chi connectivity index (χ1) is 11.1. The van der Waals surface area contributed by atoms with E-state index in [1.54, 1.807) is 37.4 Å². The van der Waals surface area contributed by atoms with Crippen molar-refractivity contribution in [3.05, 3.63) is 53.6 Å². The minimum atomic E-state index is -0.193. The fraction of sp³-hybridized carbons (Fsp3) is 0.278. The van der Waals surface area contributed by atoms with Crippen molar-refractivity contribution in [2.75, 3.05) is 31.4 Å². The number of rotatable bonds is 7. The number of anilines is 2. The van der Waals surface area contributed by atoms with Gasteiger partial charge in [-0.2, -0.15) is 0 Å². The summed E-state index contributed by atoms with van der Waals surface area (Å²) in [6.07, 6.45) is 0.801. The quantitative estimate of drug-likeness (QED) is 0.590. The third-order valence-corrected chi connectivity index (χ3v) is 3.37. The third kappa shape index (κ3) is 5.76. The molecule has 0 bridgehead atoms. The van der Waals surface area contributed by atoms with E-state index in [0.717, 1.165) is 12.0 Å². The maximum absolute atomic E-state index is 12.4. The van der Waals surface area contributed by atoms with E-state index in [1.807, 2.05) is 19.1 Å². The fourth-order valence-electron chi connectivity index (χ4n) is 2.09. The molecule has 5 nitrogen and oxygen atoms in total. The van der Waals surface area contributed by atoms with E-state index in [4.69, 9.17) is 15.2 Å². The van der Waals surface area contributed by atoms with Crippen molar-refractivity contribution in [1.82, 2.24) is 0 Å². The van der Waals surface area contributed by atoms with Crippen LogP contribution in [0.15, 0.2) is 42.5 Å². The zero-order chi connectivity index (χ0) is 16.7. The average molecular weight is 351 g/mol. The smallest absolute Gasteiger partial charge is 0.255 e. The number of aryl methyl sites for hydroxylation is 1. The Labute approximate surface area is 148 Å². The maximum atomic E-state index is 12.4. The summed E-state index contributed by atoms with van der Waals surface area (Å²) in [5, 5.41) is 2.88. The second kappa shape index (κ2) is 9.80. The van der Waals surface area contributed by atoms with Crippen molar-refractivity contribution in [2.24, 2.45) is 0 Å². The second-order valence-electron chi connectivity index (χ2n) is 5.25. The first-order valence-electron chi connectivity index (χ1n) is 7.49. The molecule has 24 heavy (non-hydrogen) atoms. The lowest BCUT2D eigenvalue weighted by Crippen LogP contribution is -2.13. The van der Waals surface area contributed by atoms with Gasteiger partial charge in [-0.1, -0.05) is 12.1 Å². The van der Waals surface area contributed by atoms with Crippen molar-refractivity contribution in [3.63, 3.8) is 0 Å². The van der Waals surface area contributed by atoms with Crippen LogP contribution in [-0.4, -0.2) is 26.2 Å². The predicted molar refractivity (Wildman–Crippen MR) is 99.2 cm³/mol. The number of nitrogens with one attached hydrogen (secondary N) is 1. The first-order valence-corrected chi connectivity index (χ1v) is 7.49. The van der Waals surface area contributed by atoms with E-state index in [-0.39, 0.29) is 18.3 Å². The number of hydrogen-bond donors (Lipinski definition) is 2. The Morgan fingerprint density at radius 1 is 1.17 bits per heavy atom. The van der Waals surface area contributed by atoms with Gasteiger partial charge in [-0.3, -0.25) is 4.79 Å². The van der Waals surface area contributed by atoms with Crippen molar-refractivity contribution in [1.29, 1.82) is 0 Å². The number of ether oxygens (including phenoxy) is 2. The number of halogens is 1. The van der Waals surface area contributed by atoms with E-state index in [1.165, 1.54) is 0 Å². The molecule has 2 aromatic rings. The minimum absolute atomic E-state index is 0. The molecule has 0 radical (unpaired) electrons. The SMILES string of the molecule is COCCCOc1cccc(C(=O)Nc2cc(N)ccc2C)c1.Cl. The van der Waals surface area contributed by atoms with Gasteiger partial charge in [0.1, 0.15) is 5.75 Å². The van der Waals surface area contributed by atoms with E-state index < -0.39 is 0 Å². The molecule has 0 aliphatic rings. The topological polar surface area (TPSA) is 73.6 Å². The van der Waals surface area contributed by atoms with Crippen LogP contribution in [0.5, 0.6) is 5.75 Å². The first kappa shape index (κ1) is 19.8. The van der Waals surface area contributed by atoms with Gasteiger partial charge < -0.3 is 20.5 Å². The highest BCUT2D eigenvalue weighted by Crippen LogP contribution is 2.20. The monoisotopic (exact) mass is 350 g/mol. The van der Waals surface area contributed by atoms with Crippen LogP contribution in [-0.2, 0) is 4.74 Å². The minimum Gasteiger partial charge on any atom is -0.493 e. The van der Waals surface area contributed by atoms with Crippen LogP contribution in [0, 0.1) is 6.92 Å². The highest BCUT2D eigenvalue weighted by molar-refractivity contribution is 6.05. The summed E-state index contributed by atoms with van der Waals surface area (Å²) in [6, 6.07) is 12.5. The van der Waals surface area contributed by atoms with Gasteiger partial charge in [-0.15, -0.1) is 12.4 Å². The van der Waals surface area contributed by atoms with Gasteiger partial charge in [0.05, 0.1) is 6.61 Å². The molecule has 0 heterocycles. The van der Waals surface area contributed by atoms with Crippen LogP contribution >= 0.6 is 12.4 Å². The molecule has 0 aromatic heterocycles. The molecule has 130 valence electrons. The number of amides is 1. The molecule has 0 aliphatic carbocycles. The van der Waals surface area contributed by atoms with Gasteiger partial charge in [-0.25, -0.2) is 0 Å². The Balaban J connectivity index is 0.00000288. The van der Waals surface area contributed by atoms with Crippen molar-refractivity contribution in [3.8, 4) is 5.75 Å². The highest BCUT2D eigenvalue weighted by Gasteiger charge is 2.09. The molecule has 1 amide bonds. The molecular weight excluding hydrogens is 328 g/mol. The Bertz CT molecular complexity index is 677. The summed E-state index contributed by atoms with van der Waals surface area (Å²) < 4.78 is 10.6. The molecular formula is C18H23ClN2O3. The molecule has 0 atom stereocenters. The molecule has 6 heteroatoms. The van der Waals surface area contributed by atoms with E-state index in [0.29, 0.717) is 35.9 Å². The normalized spacial score (nSPS) is 9.92. The number of nitrogens with two attached hydrogens (primary N) is 1. The molecule has 2 rings (SSSR count). The zero-order valence-electron chi connectivity index (χ0n) is 13.9. The number of hydrogen-bond acceptors (Lipinski definition) is 4.